The molecule has 0 aliphatic heterocycles. The molecule has 1 atom stereocenters. The van der Waals surface area contributed by atoms with Crippen molar-refractivity contribution in [3.8, 4) is 0 Å². The highest BCUT2D eigenvalue weighted by atomic mass is 19.4. The van der Waals surface area contributed by atoms with E-state index in [2.05, 4.69) is 5.32 Å². The van der Waals surface area contributed by atoms with Crippen molar-refractivity contribution in [2.45, 2.75) is 25.7 Å². The van der Waals surface area contributed by atoms with Crippen molar-refractivity contribution in [1.29, 1.82) is 0 Å². The average Bonchev–Trinajstić information content (AvgIpc) is 3.00. The van der Waals surface area contributed by atoms with Gasteiger partial charge in [-0.2, -0.15) is 13.2 Å². The molecule has 0 bridgehead atoms. The second-order valence-corrected chi connectivity index (χ2v) is 5.86. The molecule has 0 radical (unpaired) electrons. The number of furan rings is 1. The van der Waals surface area contributed by atoms with Gasteiger partial charge < -0.3 is 14.3 Å². The lowest BCUT2D eigenvalue weighted by Gasteiger charge is -2.13. The van der Waals surface area contributed by atoms with Gasteiger partial charge >= 0.3 is 6.18 Å². The zero-order chi connectivity index (χ0) is 18.9. The Morgan fingerprint density at radius 2 is 1.96 bits per heavy atom. The van der Waals surface area contributed by atoms with Gasteiger partial charge in [0.2, 0.25) is 5.91 Å². The minimum atomic E-state index is -4.59. The number of amides is 1. The van der Waals surface area contributed by atoms with Crippen LogP contribution in [0.4, 0.5) is 13.2 Å². The molecule has 0 aliphatic carbocycles. The van der Waals surface area contributed by atoms with Crippen LogP contribution in [-0.4, -0.2) is 10.5 Å². The molecule has 0 spiro atoms. The highest BCUT2D eigenvalue weighted by molar-refractivity contribution is 5.79. The summed E-state index contributed by atoms with van der Waals surface area (Å²) in [6, 6.07) is 10.1. The largest absolute Gasteiger partial charge is 0.459 e. The highest BCUT2D eigenvalue weighted by Gasteiger charge is 2.31. The SMILES string of the molecule is C[C@@H](NC(=O)Cn1cc(C(F)(F)F)ccc1=O)c1cc2ccccc2o1. The van der Waals surface area contributed by atoms with Crippen LogP contribution in [-0.2, 0) is 17.5 Å². The van der Waals surface area contributed by atoms with Crippen molar-refractivity contribution in [3.05, 3.63) is 70.3 Å². The van der Waals surface area contributed by atoms with Gasteiger partial charge in [0.25, 0.3) is 5.56 Å². The Morgan fingerprint density at radius 3 is 2.65 bits per heavy atom. The molecule has 5 nitrogen and oxygen atoms in total. The first kappa shape index (κ1) is 17.8. The van der Waals surface area contributed by atoms with Gasteiger partial charge in [-0.05, 0) is 25.1 Å². The van der Waals surface area contributed by atoms with Crippen LogP contribution in [0.1, 0.15) is 24.3 Å². The lowest BCUT2D eigenvalue weighted by Crippen LogP contribution is -2.33. The number of alkyl halides is 3. The summed E-state index contributed by atoms with van der Waals surface area (Å²) in [7, 11) is 0. The van der Waals surface area contributed by atoms with E-state index < -0.39 is 35.8 Å². The van der Waals surface area contributed by atoms with Crippen molar-refractivity contribution in [2.24, 2.45) is 0 Å². The number of rotatable bonds is 4. The second kappa shape index (κ2) is 6.70. The van der Waals surface area contributed by atoms with Crippen LogP contribution in [0.5, 0.6) is 0 Å². The summed E-state index contributed by atoms with van der Waals surface area (Å²) in [6.07, 6.45) is -3.96. The Kier molecular flexibility index (Phi) is 4.58. The van der Waals surface area contributed by atoms with Crippen molar-refractivity contribution >= 4 is 16.9 Å². The van der Waals surface area contributed by atoms with E-state index in [0.717, 1.165) is 16.0 Å². The molecule has 136 valence electrons. The Hall–Kier alpha value is -3.03. The molecule has 0 aliphatic rings. The zero-order valence-corrected chi connectivity index (χ0v) is 13.7. The van der Waals surface area contributed by atoms with Crippen LogP contribution in [0.2, 0.25) is 0 Å². The lowest BCUT2D eigenvalue weighted by atomic mass is 10.2. The molecule has 1 aromatic carbocycles. The fourth-order valence-electron chi connectivity index (χ4n) is 2.55. The molecule has 0 saturated carbocycles. The number of pyridine rings is 1. The number of para-hydroxylation sites is 1. The summed E-state index contributed by atoms with van der Waals surface area (Å²) in [5.74, 6) is -0.0877. The highest BCUT2D eigenvalue weighted by Crippen LogP contribution is 2.28. The van der Waals surface area contributed by atoms with Crippen molar-refractivity contribution < 1.29 is 22.4 Å². The number of nitrogens with one attached hydrogen (secondary N) is 1. The van der Waals surface area contributed by atoms with Crippen molar-refractivity contribution in [2.75, 3.05) is 0 Å². The lowest BCUT2D eigenvalue weighted by molar-refractivity contribution is -0.138. The minimum absolute atomic E-state index is 0.503. The molecule has 2 aromatic heterocycles. The standard InChI is InChI=1S/C18H15F3N2O3/c1-11(15-8-12-4-2-3-5-14(12)26-15)22-16(24)10-23-9-13(18(19,20)21)6-7-17(23)25/h2-9,11H,10H2,1H3,(H,22,24)/t11-/m1/s1. The predicted octanol–water partition coefficient (Wildman–Crippen LogP) is 3.49. The van der Waals surface area contributed by atoms with E-state index in [-0.39, 0.29) is 0 Å². The number of halogens is 3. The van der Waals surface area contributed by atoms with Gasteiger partial charge in [0.15, 0.2) is 0 Å². The van der Waals surface area contributed by atoms with Gasteiger partial charge in [0, 0.05) is 17.6 Å². The van der Waals surface area contributed by atoms with E-state index in [4.69, 9.17) is 4.42 Å². The summed E-state index contributed by atoms with van der Waals surface area (Å²) in [4.78, 5) is 23.8. The molecular weight excluding hydrogens is 349 g/mol. The molecule has 8 heteroatoms. The summed E-state index contributed by atoms with van der Waals surface area (Å²) in [5.41, 5.74) is -1.02. The number of nitrogens with zero attached hydrogens (tertiary/aromatic N) is 1. The maximum Gasteiger partial charge on any atom is 0.417 e. The number of benzene rings is 1. The minimum Gasteiger partial charge on any atom is -0.459 e. The van der Waals surface area contributed by atoms with Gasteiger partial charge in [-0.15, -0.1) is 0 Å². The van der Waals surface area contributed by atoms with Crippen LogP contribution in [0.3, 0.4) is 0 Å². The maximum absolute atomic E-state index is 12.7. The molecule has 0 fully saturated rings. The van der Waals surface area contributed by atoms with E-state index in [1.54, 1.807) is 19.1 Å². The predicted molar refractivity (Wildman–Crippen MR) is 88.5 cm³/mol. The molecule has 2 heterocycles. The normalized spacial score (nSPS) is 12.9. The zero-order valence-electron chi connectivity index (χ0n) is 13.7. The van der Waals surface area contributed by atoms with Crippen LogP contribution in [0, 0.1) is 0 Å². The number of fused-ring (bicyclic) bond motifs is 1. The summed E-state index contributed by atoms with van der Waals surface area (Å²) >= 11 is 0. The van der Waals surface area contributed by atoms with E-state index in [1.165, 1.54) is 0 Å². The Labute approximate surface area is 146 Å². The Bertz CT molecular complexity index is 972. The first-order chi connectivity index (χ1) is 12.2. The Balaban J connectivity index is 1.73. The third kappa shape index (κ3) is 3.79. The van der Waals surface area contributed by atoms with Gasteiger partial charge in [-0.1, -0.05) is 18.2 Å². The number of carbonyl (C=O) groups excluding carboxylic acids is 1. The fraction of sp³-hybridized carbons (Fsp3) is 0.222. The van der Waals surface area contributed by atoms with E-state index in [9.17, 15) is 22.8 Å². The van der Waals surface area contributed by atoms with Crippen molar-refractivity contribution in [1.82, 2.24) is 9.88 Å². The third-order valence-corrected chi connectivity index (χ3v) is 3.87. The van der Waals surface area contributed by atoms with Gasteiger partial charge in [-0.3, -0.25) is 9.59 Å². The number of aromatic nitrogens is 1. The van der Waals surface area contributed by atoms with Crippen LogP contribution in [0.25, 0.3) is 11.0 Å². The quantitative estimate of drug-likeness (QED) is 0.771. The van der Waals surface area contributed by atoms with Gasteiger partial charge in [0.05, 0.1) is 11.6 Å². The van der Waals surface area contributed by atoms with Gasteiger partial charge in [0.1, 0.15) is 17.9 Å². The molecule has 3 rings (SSSR count). The fourth-order valence-corrected chi connectivity index (χ4v) is 2.55. The van der Waals surface area contributed by atoms with E-state index in [0.29, 0.717) is 23.6 Å². The smallest absolute Gasteiger partial charge is 0.417 e. The maximum atomic E-state index is 12.7. The monoisotopic (exact) mass is 364 g/mol. The first-order valence-electron chi connectivity index (χ1n) is 7.79. The molecule has 3 aromatic rings. The average molecular weight is 364 g/mol. The van der Waals surface area contributed by atoms with E-state index >= 15 is 0 Å². The van der Waals surface area contributed by atoms with Crippen LogP contribution < -0.4 is 10.9 Å². The number of carbonyl (C=O) groups is 1. The summed E-state index contributed by atoms with van der Waals surface area (Å²) < 4.78 is 44.6. The summed E-state index contributed by atoms with van der Waals surface area (Å²) in [5, 5.41) is 3.49. The van der Waals surface area contributed by atoms with Gasteiger partial charge in [-0.25, -0.2) is 0 Å². The topological polar surface area (TPSA) is 64.2 Å². The van der Waals surface area contributed by atoms with Crippen LogP contribution >= 0.6 is 0 Å². The number of hydrogen-bond acceptors (Lipinski definition) is 3. The third-order valence-electron chi connectivity index (χ3n) is 3.87. The van der Waals surface area contributed by atoms with Crippen molar-refractivity contribution in [3.63, 3.8) is 0 Å². The Morgan fingerprint density at radius 1 is 1.23 bits per heavy atom. The second-order valence-electron chi connectivity index (χ2n) is 5.86. The molecule has 0 unspecified atom stereocenters. The van der Waals surface area contributed by atoms with Crippen LogP contribution in [0.15, 0.2) is 57.9 Å². The molecule has 1 amide bonds. The molecule has 0 saturated heterocycles. The molecule has 26 heavy (non-hydrogen) atoms. The first-order valence-corrected chi connectivity index (χ1v) is 7.79. The molecule has 1 N–H and O–H groups in total. The van der Waals surface area contributed by atoms with E-state index in [1.807, 2.05) is 18.2 Å². The molecular formula is C18H15F3N2O3. The number of hydrogen-bond donors (Lipinski definition) is 1. The summed E-state index contributed by atoms with van der Waals surface area (Å²) in [6.45, 7) is 1.16.